The third-order valence-electron chi connectivity index (χ3n) is 4.05. The van der Waals surface area contributed by atoms with Crippen molar-refractivity contribution in [1.82, 2.24) is 4.57 Å². The zero-order valence-electron chi connectivity index (χ0n) is 12.2. The topological polar surface area (TPSA) is 60.0 Å². The number of halogens is 2. The lowest BCUT2D eigenvalue weighted by Crippen LogP contribution is -2.18. The molecule has 3 rings (SSSR count). The van der Waals surface area contributed by atoms with Gasteiger partial charge in [-0.15, -0.1) is 0 Å². The van der Waals surface area contributed by atoms with Gasteiger partial charge in [0.15, 0.2) is 0 Å². The third-order valence-corrected chi connectivity index (χ3v) is 4.34. The van der Waals surface area contributed by atoms with E-state index >= 15 is 0 Å². The van der Waals surface area contributed by atoms with Crippen LogP contribution in [0.5, 0.6) is 0 Å². The summed E-state index contributed by atoms with van der Waals surface area (Å²) < 4.78 is 15.1. The van der Waals surface area contributed by atoms with Gasteiger partial charge in [-0.05, 0) is 49.1 Å². The number of fused-ring (bicyclic) bond motifs is 1. The van der Waals surface area contributed by atoms with Crippen LogP contribution in [-0.2, 0) is 13.0 Å². The number of anilines is 1. The first kappa shape index (κ1) is 15.1. The maximum Gasteiger partial charge on any atom is 0.272 e. The first-order valence-electron chi connectivity index (χ1n) is 7.25. The molecule has 1 aromatic heterocycles. The van der Waals surface area contributed by atoms with Gasteiger partial charge in [0.1, 0.15) is 11.5 Å². The first-order valence-corrected chi connectivity index (χ1v) is 7.63. The van der Waals surface area contributed by atoms with E-state index in [0.717, 1.165) is 24.0 Å². The molecular formula is C16H17ClFN3O. The van der Waals surface area contributed by atoms with Crippen LogP contribution >= 0.6 is 11.6 Å². The monoisotopic (exact) mass is 321 g/mol. The Balaban J connectivity index is 1.92. The number of aryl methyl sites for hydroxylation is 1. The Labute approximate surface area is 133 Å². The van der Waals surface area contributed by atoms with E-state index in [2.05, 4.69) is 5.32 Å². The molecule has 0 saturated heterocycles. The second-order valence-electron chi connectivity index (χ2n) is 5.43. The highest BCUT2D eigenvalue weighted by molar-refractivity contribution is 6.31. The molecule has 0 radical (unpaired) electrons. The smallest absolute Gasteiger partial charge is 0.272 e. The van der Waals surface area contributed by atoms with Gasteiger partial charge >= 0.3 is 0 Å². The molecule has 1 atom stereocenters. The standard InChI is InChI=1S/C16H17ClFN3O/c1-2-21-8-11-10(4-6-14(11)19)15(21)16(22)20-9-3-5-13(18)12(17)7-9/h3,5,7-8,14H,2,4,6,19H2,1H3,(H,20,22). The van der Waals surface area contributed by atoms with Crippen LogP contribution in [0, 0.1) is 5.82 Å². The molecule has 1 aromatic carbocycles. The van der Waals surface area contributed by atoms with Gasteiger partial charge in [-0.25, -0.2) is 4.39 Å². The summed E-state index contributed by atoms with van der Waals surface area (Å²) in [6, 6.07) is 4.12. The molecule has 116 valence electrons. The van der Waals surface area contributed by atoms with Gasteiger partial charge in [-0.2, -0.15) is 0 Å². The fraction of sp³-hybridized carbons (Fsp3) is 0.312. The van der Waals surface area contributed by atoms with Gasteiger partial charge in [0.25, 0.3) is 5.91 Å². The van der Waals surface area contributed by atoms with Crippen LogP contribution in [-0.4, -0.2) is 10.5 Å². The van der Waals surface area contributed by atoms with Crippen LogP contribution < -0.4 is 11.1 Å². The molecular weight excluding hydrogens is 305 g/mol. The van der Waals surface area contributed by atoms with Crippen molar-refractivity contribution in [3.63, 3.8) is 0 Å². The van der Waals surface area contributed by atoms with Crippen LogP contribution in [0.3, 0.4) is 0 Å². The lowest BCUT2D eigenvalue weighted by atomic mass is 10.1. The number of nitrogens with two attached hydrogens (primary N) is 1. The van der Waals surface area contributed by atoms with E-state index in [1.54, 1.807) is 0 Å². The Bertz CT molecular complexity index is 741. The molecule has 1 unspecified atom stereocenters. The Kier molecular flexibility index (Phi) is 3.93. The average Bonchev–Trinajstić information content (AvgIpc) is 3.02. The molecule has 0 fully saturated rings. The summed E-state index contributed by atoms with van der Waals surface area (Å²) in [6.45, 7) is 2.67. The highest BCUT2D eigenvalue weighted by Crippen LogP contribution is 2.33. The number of nitrogens with one attached hydrogen (secondary N) is 1. The molecule has 0 spiro atoms. The number of hydrogen-bond acceptors (Lipinski definition) is 2. The Hall–Kier alpha value is -1.85. The van der Waals surface area contributed by atoms with E-state index in [9.17, 15) is 9.18 Å². The van der Waals surface area contributed by atoms with Gasteiger partial charge in [0, 0.05) is 24.5 Å². The molecule has 6 heteroatoms. The van der Waals surface area contributed by atoms with Crippen LogP contribution in [0.25, 0.3) is 0 Å². The molecule has 1 heterocycles. The van der Waals surface area contributed by atoms with Crippen molar-refractivity contribution in [2.75, 3.05) is 5.32 Å². The normalized spacial score (nSPS) is 16.6. The summed E-state index contributed by atoms with van der Waals surface area (Å²) >= 11 is 5.75. The van der Waals surface area contributed by atoms with E-state index in [1.165, 1.54) is 18.2 Å². The largest absolute Gasteiger partial charge is 0.343 e. The number of hydrogen-bond donors (Lipinski definition) is 2. The molecule has 1 aliphatic rings. The lowest BCUT2D eigenvalue weighted by Gasteiger charge is -2.10. The van der Waals surface area contributed by atoms with Crippen LogP contribution in [0.4, 0.5) is 10.1 Å². The minimum Gasteiger partial charge on any atom is -0.343 e. The van der Waals surface area contributed by atoms with Gasteiger partial charge in [-0.3, -0.25) is 4.79 Å². The number of carbonyl (C=O) groups excluding carboxylic acids is 1. The zero-order valence-corrected chi connectivity index (χ0v) is 13.0. The van der Waals surface area contributed by atoms with Gasteiger partial charge in [0.05, 0.1) is 5.02 Å². The van der Waals surface area contributed by atoms with Crippen molar-refractivity contribution < 1.29 is 9.18 Å². The van der Waals surface area contributed by atoms with Crippen molar-refractivity contribution >= 4 is 23.2 Å². The number of nitrogens with zero attached hydrogens (tertiary/aromatic N) is 1. The number of amides is 1. The van der Waals surface area contributed by atoms with E-state index in [4.69, 9.17) is 17.3 Å². The summed E-state index contributed by atoms with van der Waals surface area (Å²) in [5.74, 6) is -0.733. The van der Waals surface area contributed by atoms with Crippen molar-refractivity contribution in [2.24, 2.45) is 5.73 Å². The second kappa shape index (κ2) is 5.74. The molecule has 22 heavy (non-hydrogen) atoms. The maximum absolute atomic E-state index is 13.2. The highest BCUT2D eigenvalue weighted by Gasteiger charge is 2.28. The SMILES string of the molecule is CCn1cc2c(c1C(=O)Nc1ccc(F)c(Cl)c1)CCC2N. The molecule has 0 saturated carbocycles. The number of rotatable bonds is 3. The predicted octanol–water partition coefficient (Wildman–Crippen LogP) is 3.50. The van der Waals surface area contributed by atoms with Gasteiger partial charge in [0.2, 0.25) is 0 Å². The lowest BCUT2D eigenvalue weighted by molar-refractivity contribution is 0.101. The van der Waals surface area contributed by atoms with Crippen molar-refractivity contribution in [2.45, 2.75) is 32.4 Å². The summed E-state index contributed by atoms with van der Waals surface area (Å²) in [7, 11) is 0. The number of benzene rings is 1. The molecule has 2 aromatic rings. The quantitative estimate of drug-likeness (QED) is 0.909. The first-order chi connectivity index (χ1) is 10.5. The number of carbonyl (C=O) groups is 1. The molecule has 1 aliphatic carbocycles. The fourth-order valence-electron chi connectivity index (χ4n) is 2.94. The van der Waals surface area contributed by atoms with Gasteiger partial charge in [-0.1, -0.05) is 11.6 Å². The van der Waals surface area contributed by atoms with Crippen molar-refractivity contribution in [3.05, 3.63) is 52.1 Å². The molecule has 0 aliphatic heterocycles. The Morgan fingerprint density at radius 1 is 1.55 bits per heavy atom. The van der Waals surface area contributed by atoms with E-state index < -0.39 is 5.82 Å². The summed E-state index contributed by atoms with van der Waals surface area (Å²) in [4.78, 5) is 12.6. The van der Waals surface area contributed by atoms with Gasteiger partial charge < -0.3 is 15.6 Å². The summed E-state index contributed by atoms with van der Waals surface area (Å²) in [5, 5.41) is 2.76. The zero-order chi connectivity index (χ0) is 15.9. The molecule has 1 amide bonds. The van der Waals surface area contributed by atoms with Crippen molar-refractivity contribution in [3.8, 4) is 0 Å². The number of aromatic nitrogens is 1. The van der Waals surface area contributed by atoms with Crippen LogP contribution in [0.2, 0.25) is 5.02 Å². The van der Waals surface area contributed by atoms with Crippen LogP contribution in [0.15, 0.2) is 24.4 Å². The molecule has 0 bridgehead atoms. The third kappa shape index (κ3) is 2.51. The fourth-order valence-corrected chi connectivity index (χ4v) is 3.12. The second-order valence-corrected chi connectivity index (χ2v) is 5.83. The van der Waals surface area contributed by atoms with E-state index in [1.807, 2.05) is 17.7 Å². The Morgan fingerprint density at radius 3 is 3.00 bits per heavy atom. The highest BCUT2D eigenvalue weighted by atomic mass is 35.5. The average molecular weight is 322 g/mol. The maximum atomic E-state index is 13.2. The Morgan fingerprint density at radius 2 is 2.32 bits per heavy atom. The minimum atomic E-state index is -0.511. The van der Waals surface area contributed by atoms with Crippen LogP contribution in [0.1, 0.15) is 41.0 Å². The summed E-state index contributed by atoms with van der Waals surface area (Å²) in [5.41, 5.74) is 9.23. The summed E-state index contributed by atoms with van der Waals surface area (Å²) in [6.07, 6.45) is 3.62. The van der Waals surface area contributed by atoms with Crippen molar-refractivity contribution in [1.29, 1.82) is 0 Å². The predicted molar refractivity (Wildman–Crippen MR) is 84.7 cm³/mol. The van der Waals surface area contributed by atoms with E-state index in [0.29, 0.717) is 17.9 Å². The minimum absolute atomic E-state index is 0.00499. The van der Waals surface area contributed by atoms with E-state index in [-0.39, 0.29) is 17.0 Å². The molecule has 3 N–H and O–H groups in total. The molecule has 4 nitrogen and oxygen atoms in total.